The summed E-state index contributed by atoms with van der Waals surface area (Å²) in [5, 5.41) is 14.5. The number of hydrogen-bond acceptors (Lipinski definition) is 13. The second kappa shape index (κ2) is 20.8. The summed E-state index contributed by atoms with van der Waals surface area (Å²) in [7, 11) is 0. The molecule has 0 unspecified atom stereocenters. The molecule has 0 saturated carbocycles. The first-order chi connectivity index (χ1) is 24.8. The molecule has 0 spiro atoms. The van der Waals surface area contributed by atoms with Gasteiger partial charge in [0, 0.05) is 57.9 Å². The lowest BCUT2D eigenvalue weighted by Crippen LogP contribution is -2.10. The van der Waals surface area contributed by atoms with E-state index >= 15 is 0 Å². The van der Waals surface area contributed by atoms with E-state index in [4.69, 9.17) is 68.3 Å². The molecular weight excluding hydrogens is 791 g/mol. The predicted molar refractivity (Wildman–Crippen MR) is 206 cm³/mol. The number of ether oxygens (including phenoxy) is 1. The highest BCUT2D eigenvalue weighted by Gasteiger charge is 2.13. The van der Waals surface area contributed by atoms with Gasteiger partial charge in [0.2, 0.25) is 5.91 Å². The number of carboxylic acids is 1. The van der Waals surface area contributed by atoms with Crippen molar-refractivity contribution in [2.75, 3.05) is 6.61 Å². The normalized spacial score (nSPS) is 9.87. The van der Waals surface area contributed by atoms with Crippen molar-refractivity contribution in [3.63, 3.8) is 0 Å². The van der Waals surface area contributed by atoms with Crippen LogP contribution in [0, 0.1) is 6.92 Å². The zero-order chi connectivity index (χ0) is 38.2. The Bertz CT molecular complexity index is 2040. The number of aromatic carboxylic acids is 1. The van der Waals surface area contributed by atoms with Crippen LogP contribution in [-0.2, 0) is 4.74 Å². The van der Waals surface area contributed by atoms with Gasteiger partial charge in [-0.2, -0.15) is 0 Å². The van der Waals surface area contributed by atoms with E-state index in [0.29, 0.717) is 43.3 Å². The fourth-order valence-electron chi connectivity index (χ4n) is 3.35. The lowest BCUT2D eigenvalue weighted by Gasteiger charge is -1.97. The molecular formula is C33H27Cl3N8O5S3. The number of aryl methyl sites for hydroxylation is 1. The number of carboxylic acid groups (broad SMARTS) is 1. The van der Waals surface area contributed by atoms with Gasteiger partial charge >= 0.3 is 11.9 Å². The van der Waals surface area contributed by atoms with Crippen LogP contribution < -0.4 is 11.5 Å². The highest BCUT2D eigenvalue weighted by Crippen LogP contribution is 2.24. The summed E-state index contributed by atoms with van der Waals surface area (Å²) in [6.45, 7) is 4.00. The van der Waals surface area contributed by atoms with Gasteiger partial charge in [-0.1, -0.05) is 47.0 Å². The number of thiocarbonyl (C=S) groups is 1. The van der Waals surface area contributed by atoms with Crippen molar-refractivity contribution in [2.45, 2.75) is 13.8 Å². The molecule has 0 radical (unpaired) electrons. The van der Waals surface area contributed by atoms with E-state index in [0.717, 1.165) is 27.4 Å². The van der Waals surface area contributed by atoms with Crippen LogP contribution in [0.2, 0.25) is 15.5 Å². The number of thiazole rings is 2. The molecule has 268 valence electrons. The van der Waals surface area contributed by atoms with Gasteiger partial charge in [0.1, 0.15) is 30.5 Å². The van der Waals surface area contributed by atoms with Gasteiger partial charge < -0.3 is 21.3 Å². The van der Waals surface area contributed by atoms with Gasteiger partial charge in [-0.25, -0.2) is 34.5 Å². The summed E-state index contributed by atoms with van der Waals surface area (Å²) >= 11 is 24.0. The molecule has 5 N–H and O–H groups in total. The zero-order valence-electron chi connectivity index (χ0n) is 27.1. The summed E-state index contributed by atoms with van der Waals surface area (Å²) in [5.41, 5.74) is 14.4. The number of carbonyl (C=O) groups is 3. The molecule has 0 aliphatic carbocycles. The van der Waals surface area contributed by atoms with E-state index in [1.54, 1.807) is 49.1 Å². The average molecular weight is 818 g/mol. The van der Waals surface area contributed by atoms with Gasteiger partial charge in [0.15, 0.2) is 11.4 Å². The first-order valence-electron chi connectivity index (χ1n) is 14.5. The Hall–Kier alpha value is -4.97. The topological polar surface area (TPSA) is 210 Å². The van der Waals surface area contributed by atoms with Gasteiger partial charge in [0.05, 0.1) is 12.2 Å². The van der Waals surface area contributed by atoms with Crippen LogP contribution in [0.1, 0.15) is 49.5 Å². The summed E-state index contributed by atoms with van der Waals surface area (Å²) in [4.78, 5) is 56.6. The Balaban J connectivity index is 0.000000192. The molecule has 6 rings (SSSR count). The van der Waals surface area contributed by atoms with Gasteiger partial charge in [0.25, 0.3) is 0 Å². The van der Waals surface area contributed by atoms with Crippen LogP contribution in [-0.4, -0.2) is 64.5 Å². The molecule has 0 aromatic carbocycles. The number of aromatic nitrogens is 6. The van der Waals surface area contributed by atoms with Gasteiger partial charge in [-0.15, -0.1) is 22.7 Å². The summed E-state index contributed by atoms with van der Waals surface area (Å²) in [6.07, 6.45) is 6.20. The van der Waals surface area contributed by atoms with Crippen molar-refractivity contribution in [2.24, 2.45) is 11.5 Å². The minimum atomic E-state index is -1.00. The molecule has 0 aliphatic rings. The predicted octanol–water partition coefficient (Wildman–Crippen LogP) is 7.45. The molecule has 0 bridgehead atoms. The largest absolute Gasteiger partial charge is 0.476 e. The maximum Gasteiger partial charge on any atom is 0.357 e. The zero-order valence-corrected chi connectivity index (χ0v) is 31.8. The Kier molecular flexibility index (Phi) is 16.6. The highest BCUT2D eigenvalue weighted by atomic mass is 35.5. The maximum atomic E-state index is 11.4. The molecule has 52 heavy (non-hydrogen) atoms. The number of esters is 1. The number of carbonyl (C=O) groups excluding carboxylic acids is 2. The molecule has 6 heterocycles. The Morgan fingerprint density at radius 2 is 1.21 bits per heavy atom. The van der Waals surface area contributed by atoms with E-state index in [9.17, 15) is 14.4 Å². The molecule has 0 aliphatic heterocycles. The van der Waals surface area contributed by atoms with Crippen LogP contribution in [0.4, 0.5) is 0 Å². The molecule has 19 heteroatoms. The van der Waals surface area contributed by atoms with Crippen molar-refractivity contribution >= 4 is 92.5 Å². The number of amides is 1. The molecule has 1 amide bonds. The van der Waals surface area contributed by atoms with Crippen LogP contribution in [0.3, 0.4) is 0 Å². The smallest absolute Gasteiger partial charge is 0.357 e. The molecule has 6 aromatic heterocycles. The van der Waals surface area contributed by atoms with E-state index in [-0.39, 0.29) is 5.69 Å². The summed E-state index contributed by atoms with van der Waals surface area (Å²) < 4.78 is 4.86. The van der Waals surface area contributed by atoms with Crippen LogP contribution in [0.15, 0.2) is 84.1 Å². The quantitative estimate of drug-likeness (QED) is 0.0813. The molecule has 0 saturated heterocycles. The van der Waals surface area contributed by atoms with Crippen molar-refractivity contribution in [3.8, 4) is 21.1 Å². The Morgan fingerprint density at radius 1 is 0.731 bits per heavy atom. The van der Waals surface area contributed by atoms with E-state index in [1.807, 2.05) is 25.1 Å². The van der Waals surface area contributed by atoms with E-state index in [2.05, 4.69) is 29.9 Å². The third kappa shape index (κ3) is 13.6. The van der Waals surface area contributed by atoms with Crippen molar-refractivity contribution in [1.29, 1.82) is 0 Å². The fraction of sp³-hybridized carbons (Fsp3) is 0.0909. The van der Waals surface area contributed by atoms with Gasteiger partial charge in [-0.3, -0.25) is 9.78 Å². The van der Waals surface area contributed by atoms with E-state index < -0.39 is 17.8 Å². The third-order valence-electron chi connectivity index (χ3n) is 5.87. The number of pyridine rings is 4. The first kappa shape index (κ1) is 41.5. The third-order valence-corrected chi connectivity index (χ3v) is 8.56. The molecule has 6 aromatic rings. The highest BCUT2D eigenvalue weighted by molar-refractivity contribution is 7.80. The summed E-state index contributed by atoms with van der Waals surface area (Å²) in [6, 6.07) is 13.7. The Morgan fingerprint density at radius 3 is 1.62 bits per heavy atom. The fourth-order valence-corrected chi connectivity index (χ4v) is 5.37. The van der Waals surface area contributed by atoms with Crippen LogP contribution in [0.5, 0.6) is 0 Å². The van der Waals surface area contributed by atoms with Crippen molar-refractivity contribution in [1.82, 2.24) is 29.9 Å². The minimum absolute atomic E-state index is 0.0792. The number of rotatable bonds is 7. The number of hydrogen-bond donors (Lipinski definition) is 3. The average Bonchev–Trinajstić information content (AvgIpc) is 3.82. The van der Waals surface area contributed by atoms with Crippen molar-refractivity contribution < 1.29 is 24.2 Å². The monoisotopic (exact) mass is 816 g/mol. The number of primary amides is 1. The first-order valence-corrected chi connectivity index (χ1v) is 17.8. The second-order valence-corrected chi connectivity index (χ2v) is 12.9. The SMILES string of the molecule is CCOC(=O)c1csc(-c2ccc(Cl)nc2)n1.Cc1ccc(-c2nc(C(=O)O)cs2)cn1.NC(=O)c1ccc(Cl)nc1.NC(=S)c1ccc(Cl)nc1. The number of nitrogens with two attached hydrogens (primary N) is 2. The molecule has 0 atom stereocenters. The van der Waals surface area contributed by atoms with E-state index in [1.165, 1.54) is 46.4 Å². The minimum Gasteiger partial charge on any atom is -0.476 e. The lowest BCUT2D eigenvalue weighted by atomic mass is 10.3. The second-order valence-electron chi connectivity index (χ2n) is 9.63. The number of halogens is 3. The maximum absolute atomic E-state index is 11.4. The van der Waals surface area contributed by atoms with Crippen LogP contribution in [0.25, 0.3) is 21.1 Å². The number of nitrogens with zero attached hydrogens (tertiary/aromatic N) is 6. The Labute approximate surface area is 325 Å². The molecule has 13 nitrogen and oxygen atoms in total. The summed E-state index contributed by atoms with van der Waals surface area (Å²) in [5.74, 6) is -1.90. The molecule has 0 fully saturated rings. The van der Waals surface area contributed by atoms with Crippen LogP contribution >= 0.6 is 69.7 Å². The van der Waals surface area contributed by atoms with Gasteiger partial charge in [-0.05, 0) is 62.4 Å². The van der Waals surface area contributed by atoms with Crippen molar-refractivity contribution in [3.05, 3.63) is 128 Å². The lowest BCUT2D eigenvalue weighted by molar-refractivity contribution is 0.0520. The standard InChI is InChI=1S/C11H9ClN2O2S.C10H8N2O2S.C6H5ClN2O.C6H5ClN2S/c1-2-16-11(15)8-6-17-10(14-8)7-3-4-9(12)13-5-7;1-6-2-3-7(4-11-6)9-12-8(5-15-9)10(13)14;2*7-5-2-1-4(3-9-5)6(8)10/h3-6H,2H2,1H3;2-5H,1H3,(H,13,14);2*1-3H,(H2,8,10).